The lowest BCUT2D eigenvalue weighted by Gasteiger charge is -2.16. The molecule has 0 bridgehead atoms. The topological polar surface area (TPSA) is 69.4 Å². The highest BCUT2D eigenvalue weighted by Crippen LogP contribution is 2.29. The van der Waals surface area contributed by atoms with Gasteiger partial charge in [0.15, 0.2) is 5.78 Å². The van der Waals surface area contributed by atoms with E-state index in [1.807, 2.05) is 0 Å². The van der Waals surface area contributed by atoms with Crippen LogP contribution in [0.2, 0.25) is 0 Å². The summed E-state index contributed by atoms with van der Waals surface area (Å²) in [5, 5.41) is 11.0. The van der Waals surface area contributed by atoms with Gasteiger partial charge in [0.2, 0.25) is 0 Å². The molecule has 2 rings (SSSR count). The molecule has 0 aliphatic rings. The molecule has 0 heterocycles. The van der Waals surface area contributed by atoms with Crippen LogP contribution in [0.4, 0.5) is 23.2 Å². The third-order valence-electron chi connectivity index (χ3n) is 3.23. The summed E-state index contributed by atoms with van der Waals surface area (Å²) in [6.45, 7) is 0. The number of nitro benzene ring substituents is 1. The van der Waals surface area contributed by atoms with Crippen molar-refractivity contribution >= 4 is 33.5 Å². The van der Waals surface area contributed by atoms with Crippen LogP contribution in [0.25, 0.3) is 6.08 Å². The number of ether oxygens (including phenoxy) is 1. The van der Waals surface area contributed by atoms with Gasteiger partial charge in [0.25, 0.3) is 5.69 Å². The number of hydrogen-bond acceptors (Lipinski definition) is 4. The zero-order valence-corrected chi connectivity index (χ0v) is 14.8. The highest BCUT2D eigenvalue weighted by Gasteiger charge is 2.43. The summed E-state index contributed by atoms with van der Waals surface area (Å²) in [5.74, 6) is -1.24. The van der Waals surface area contributed by atoms with Gasteiger partial charge in [-0.3, -0.25) is 14.9 Å². The lowest BCUT2D eigenvalue weighted by atomic mass is 10.1. The van der Waals surface area contributed by atoms with E-state index in [2.05, 4.69) is 20.7 Å². The van der Waals surface area contributed by atoms with Crippen molar-refractivity contribution in [3.8, 4) is 5.75 Å². The molecular weight excluding hydrogens is 438 g/mol. The number of nitro groups is 1. The predicted octanol–water partition coefficient (Wildman–Crippen LogP) is 5.49. The average molecular weight is 448 g/mol. The summed E-state index contributed by atoms with van der Waals surface area (Å²) in [6, 6.07) is 8.75. The van der Waals surface area contributed by atoms with Crippen LogP contribution in [-0.2, 0) is 0 Å². The van der Waals surface area contributed by atoms with Gasteiger partial charge in [0.05, 0.1) is 4.92 Å². The molecule has 2 aromatic rings. The Kier molecular flexibility index (Phi) is 6.32. The molecule has 10 heteroatoms. The summed E-state index contributed by atoms with van der Waals surface area (Å²) in [4.78, 5) is 22.6. The molecule has 0 saturated carbocycles. The lowest BCUT2D eigenvalue weighted by molar-refractivity contribution is -0.385. The van der Waals surface area contributed by atoms with Gasteiger partial charge in [-0.1, -0.05) is 24.3 Å². The maximum Gasteiger partial charge on any atom is 0.461 e. The fourth-order valence-corrected chi connectivity index (χ4v) is 2.60. The van der Waals surface area contributed by atoms with E-state index in [1.54, 1.807) is 0 Å². The van der Waals surface area contributed by atoms with E-state index in [0.717, 1.165) is 24.3 Å². The minimum Gasteiger partial charge on any atom is -0.428 e. The summed E-state index contributed by atoms with van der Waals surface area (Å²) in [6.07, 6.45) is -6.47. The van der Waals surface area contributed by atoms with Crippen LogP contribution in [0.5, 0.6) is 5.75 Å². The van der Waals surface area contributed by atoms with E-state index in [4.69, 9.17) is 0 Å². The van der Waals surface area contributed by atoms with Crippen LogP contribution in [0, 0.1) is 10.1 Å². The van der Waals surface area contributed by atoms with E-state index in [9.17, 15) is 32.5 Å². The van der Waals surface area contributed by atoms with Crippen LogP contribution < -0.4 is 4.74 Å². The number of nitrogens with zero attached hydrogens (tertiary/aromatic N) is 1. The van der Waals surface area contributed by atoms with Crippen molar-refractivity contribution in [1.82, 2.24) is 0 Å². The number of ketones is 1. The number of carbonyl (C=O) groups is 1. The number of carbonyl (C=O) groups excluding carboxylic acids is 1. The molecule has 2 aromatic carbocycles. The third kappa shape index (κ3) is 5.13. The van der Waals surface area contributed by atoms with Crippen molar-refractivity contribution in [1.29, 1.82) is 0 Å². The molecule has 0 fully saturated rings. The van der Waals surface area contributed by atoms with Crippen LogP contribution in [-0.4, -0.2) is 23.2 Å². The van der Waals surface area contributed by atoms with Gasteiger partial charge in [-0.25, -0.2) is 0 Å². The molecule has 0 radical (unpaired) electrons. The zero-order chi connectivity index (χ0) is 20.2. The van der Waals surface area contributed by atoms with Crippen molar-refractivity contribution in [2.24, 2.45) is 0 Å². The SMILES string of the molecule is O=C(C=Cc1cccc(OC(F)(F)C(F)F)c1)c1c(Br)cccc1[N+](=O)[O-]. The summed E-state index contributed by atoms with van der Waals surface area (Å²) >= 11 is 3.07. The quantitative estimate of drug-likeness (QED) is 0.185. The number of benzene rings is 2. The van der Waals surface area contributed by atoms with Crippen LogP contribution in [0.15, 0.2) is 53.0 Å². The van der Waals surface area contributed by atoms with E-state index in [-0.39, 0.29) is 15.6 Å². The largest absolute Gasteiger partial charge is 0.461 e. The lowest BCUT2D eigenvalue weighted by Crippen LogP contribution is -2.33. The monoisotopic (exact) mass is 447 g/mol. The van der Waals surface area contributed by atoms with Crippen molar-refractivity contribution < 1.29 is 32.0 Å². The molecule has 0 atom stereocenters. The Labute approximate surface area is 158 Å². The van der Waals surface area contributed by atoms with Crippen LogP contribution in [0.1, 0.15) is 15.9 Å². The van der Waals surface area contributed by atoms with Gasteiger partial charge in [-0.2, -0.15) is 17.6 Å². The second-order valence-electron chi connectivity index (χ2n) is 5.13. The minimum atomic E-state index is -4.66. The van der Waals surface area contributed by atoms with Crippen LogP contribution >= 0.6 is 15.9 Å². The predicted molar refractivity (Wildman–Crippen MR) is 92.2 cm³/mol. The zero-order valence-electron chi connectivity index (χ0n) is 13.2. The van der Waals surface area contributed by atoms with Crippen molar-refractivity contribution in [2.45, 2.75) is 12.5 Å². The maximum atomic E-state index is 13.0. The second kappa shape index (κ2) is 8.30. The van der Waals surface area contributed by atoms with Crippen LogP contribution in [0.3, 0.4) is 0 Å². The molecule has 142 valence electrons. The third-order valence-corrected chi connectivity index (χ3v) is 3.89. The summed E-state index contributed by atoms with van der Waals surface area (Å²) in [7, 11) is 0. The summed E-state index contributed by atoms with van der Waals surface area (Å²) in [5.41, 5.74) is -0.399. The number of allylic oxidation sites excluding steroid dienone is 1. The first-order valence-electron chi connectivity index (χ1n) is 7.22. The van der Waals surface area contributed by atoms with Gasteiger partial charge in [-0.15, -0.1) is 0 Å². The Hall–Kier alpha value is -2.75. The van der Waals surface area contributed by atoms with Gasteiger partial charge in [0, 0.05) is 10.5 Å². The Morgan fingerprint density at radius 1 is 1.22 bits per heavy atom. The molecule has 0 aliphatic heterocycles. The van der Waals surface area contributed by atoms with Crippen molar-refractivity contribution in [3.63, 3.8) is 0 Å². The first kappa shape index (κ1) is 20.6. The molecule has 0 saturated heterocycles. The molecule has 0 amide bonds. The second-order valence-corrected chi connectivity index (χ2v) is 5.98. The Morgan fingerprint density at radius 2 is 1.89 bits per heavy atom. The van der Waals surface area contributed by atoms with E-state index >= 15 is 0 Å². The fourth-order valence-electron chi connectivity index (χ4n) is 2.05. The Balaban J connectivity index is 2.26. The average Bonchev–Trinajstić information content (AvgIpc) is 2.59. The number of rotatable bonds is 7. The Morgan fingerprint density at radius 3 is 2.52 bits per heavy atom. The van der Waals surface area contributed by atoms with Crippen molar-refractivity contribution in [3.05, 3.63) is 74.3 Å². The normalized spacial score (nSPS) is 11.8. The first-order chi connectivity index (χ1) is 12.6. The number of alkyl halides is 4. The minimum absolute atomic E-state index is 0.185. The smallest absolute Gasteiger partial charge is 0.428 e. The fraction of sp³-hybridized carbons (Fsp3) is 0.118. The van der Waals surface area contributed by atoms with Crippen molar-refractivity contribution in [2.75, 3.05) is 0 Å². The molecule has 0 aliphatic carbocycles. The molecule has 27 heavy (non-hydrogen) atoms. The number of hydrogen-bond donors (Lipinski definition) is 0. The first-order valence-corrected chi connectivity index (χ1v) is 8.01. The highest BCUT2D eigenvalue weighted by molar-refractivity contribution is 9.10. The summed E-state index contributed by atoms with van der Waals surface area (Å²) < 4.78 is 54.5. The standard InChI is InChI=1S/C17H10BrF4NO4/c18-12-5-2-6-13(23(25)26)15(12)14(24)8-7-10-3-1-4-11(9-10)27-17(21,22)16(19)20/h1-9,16H. The molecule has 0 aromatic heterocycles. The molecule has 5 nitrogen and oxygen atoms in total. The maximum absolute atomic E-state index is 13.0. The molecule has 0 unspecified atom stereocenters. The highest BCUT2D eigenvalue weighted by atomic mass is 79.9. The number of halogens is 5. The molecule has 0 spiro atoms. The van der Waals surface area contributed by atoms with E-state index in [1.165, 1.54) is 30.3 Å². The van der Waals surface area contributed by atoms with Gasteiger partial charge in [-0.05, 0) is 45.8 Å². The van der Waals surface area contributed by atoms with Gasteiger partial charge < -0.3 is 4.74 Å². The Bertz CT molecular complexity index is 902. The molecular formula is C17H10BrF4NO4. The van der Waals surface area contributed by atoms with E-state index < -0.39 is 34.7 Å². The van der Waals surface area contributed by atoms with E-state index in [0.29, 0.717) is 0 Å². The van der Waals surface area contributed by atoms with Gasteiger partial charge in [0.1, 0.15) is 11.3 Å². The molecule has 0 N–H and O–H groups in total. The van der Waals surface area contributed by atoms with Gasteiger partial charge >= 0.3 is 12.5 Å².